The Bertz CT molecular complexity index is 817. The molecule has 2 aromatic carbocycles. The first-order chi connectivity index (χ1) is 12.1. The molecule has 0 saturated carbocycles. The van der Waals surface area contributed by atoms with Gasteiger partial charge in [-0.05, 0) is 42.8 Å². The molecule has 0 aliphatic heterocycles. The summed E-state index contributed by atoms with van der Waals surface area (Å²) in [5, 5.41) is 5.58. The lowest BCUT2D eigenvalue weighted by atomic mass is 9.95. The first kappa shape index (κ1) is 19.9. The molecular formula is C21H23BrN2O2. The predicted molar refractivity (Wildman–Crippen MR) is 110 cm³/mol. The molecule has 4 nitrogen and oxygen atoms in total. The third kappa shape index (κ3) is 5.85. The highest BCUT2D eigenvalue weighted by molar-refractivity contribution is 9.10. The summed E-state index contributed by atoms with van der Waals surface area (Å²) in [4.78, 5) is 25.1. The van der Waals surface area contributed by atoms with Crippen molar-refractivity contribution in [2.75, 3.05) is 5.32 Å². The van der Waals surface area contributed by atoms with Gasteiger partial charge in [0.2, 0.25) is 5.91 Å². The fourth-order valence-electron chi connectivity index (χ4n) is 2.03. The molecule has 0 heterocycles. The van der Waals surface area contributed by atoms with Gasteiger partial charge in [0.15, 0.2) is 0 Å². The Balaban J connectivity index is 2.29. The zero-order valence-corrected chi connectivity index (χ0v) is 17.0. The summed E-state index contributed by atoms with van der Waals surface area (Å²) < 4.78 is 0.944. The molecule has 0 spiro atoms. The number of hydrogen-bond donors (Lipinski definition) is 2. The van der Waals surface area contributed by atoms with Crippen molar-refractivity contribution in [1.29, 1.82) is 0 Å². The number of benzene rings is 2. The average molecular weight is 415 g/mol. The number of carbonyl (C=O) groups is 2. The molecule has 0 aliphatic carbocycles. The zero-order valence-electron chi connectivity index (χ0n) is 15.4. The molecule has 0 unspecified atom stereocenters. The number of hydrogen-bond acceptors (Lipinski definition) is 2. The minimum atomic E-state index is -0.608. The van der Waals surface area contributed by atoms with E-state index in [4.69, 9.17) is 0 Å². The first-order valence-corrected chi connectivity index (χ1v) is 9.11. The number of rotatable bonds is 4. The second kappa shape index (κ2) is 8.32. The number of amides is 2. The van der Waals surface area contributed by atoms with Crippen LogP contribution in [0.5, 0.6) is 0 Å². The van der Waals surface area contributed by atoms with Gasteiger partial charge in [-0.1, -0.05) is 66.5 Å². The standard InChI is InChI=1S/C21H23BrN2O2/c1-14-5-11-17(12-6-14)23-19(25)18(24-20(26)21(2,3)4)13-15-7-9-16(22)10-8-15/h5-13H,1-4H3,(H,23,25)(H,24,26). The van der Waals surface area contributed by atoms with Crippen LogP contribution in [0.2, 0.25) is 0 Å². The van der Waals surface area contributed by atoms with E-state index in [0.29, 0.717) is 5.69 Å². The summed E-state index contributed by atoms with van der Waals surface area (Å²) in [7, 11) is 0. The van der Waals surface area contributed by atoms with Crippen LogP contribution in [0.1, 0.15) is 31.9 Å². The topological polar surface area (TPSA) is 58.2 Å². The SMILES string of the molecule is Cc1ccc(NC(=O)C(=Cc2ccc(Br)cc2)NC(=O)C(C)(C)C)cc1. The van der Waals surface area contributed by atoms with E-state index in [1.165, 1.54) is 0 Å². The summed E-state index contributed by atoms with van der Waals surface area (Å²) in [6.07, 6.45) is 1.67. The summed E-state index contributed by atoms with van der Waals surface area (Å²) in [6, 6.07) is 15.0. The summed E-state index contributed by atoms with van der Waals surface area (Å²) >= 11 is 3.39. The van der Waals surface area contributed by atoms with Crippen molar-refractivity contribution in [3.63, 3.8) is 0 Å². The molecule has 2 amide bonds. The maximum Gasteiger partial charge on any atom is 0.272 e. The minimum Gasteiger partial charge on any atom is -0.321 e. The van der Waals surface area contributed by atoms with Crippen LogP contribution in [0, 0.1) is 12.3 Å². The van der Waals surface area contributed by atoms with E-state index >= 15 is 0 Å². The molecule has 0 saturated heterocycles. The van der Waals surface area contributed by atoms with Crippen LogP contribution in [0.4, 0.5) is 5.69 Å². The molecule has 0 atom stereocenters. The maximum atomic E-state index is 12.7. The fraction of sp³-hybridized carbons (Fsp3) is 0.238. The quantitative estimate of drug-likeness (QED) is 0.698. The van der Waals surface area contributed by atoms with Crippen molar-refractivity contribution < 1.29 is 9.59 Å². The zero-order chi connectivity index (χ0) is 19.3. The molecule has 136 valence electrons. The van der Waals surface area contributed by atoms with Crippen LogP contribution in [0.15, 0.2) is 58.7 Å². The van der Waals surface area contributed by atoms with E-state index in [1.807, 2.05) is 55.5 Å². The maximum absolute atomic E-state index is 12.7. The van der Waals surface area contributed by atoms with Gasteiger partial charge in [-0.25, -0.2) is 0 Å². The highest BCUT2D eigenvalue weighted by Gasteiger charge is 2.24. The summed E-state index contributed by atoms with van der Waals surface area (Å²) in [5.41, 5.74) is 2.19. The molecule has 5 heteroatoms. The Labute approximate surface area is 162 Å². The summed E-state index contributed by atoms with van der Waals surface area (Å²) in [5.74, 6) is -0.589. The Hall–Kier alpha value is -2.40. The van der Waals surface area contributed by atoms with Gasteiger partial charge in [0.25, 0.3) is 5.91 Å². The minimum absolute atomic E-state index is 0.202. The second-order valence-electron chi connectivity index (χ2n) is 7.13. The van der Waals surface area contributed by atoms with Gasteiger partial charge >= 0.3 is 0 Å². The van der Waals surface area contributed by atoms with E-state index in [-0.39, 0.29) is 17.5 Å². The van der Waals surface area contributed by atoms with E-state index in [0.717, 1.165) is 15.6 Å². The largest absolute Gasteiger partial charge is 0.321 e. The van der Waals surface area contributed by atoms with Gasteiger partial charge in [0.05, 0.1) is 0 Å². The van der Waals surface area contributed by atoms with Gasteiger partial charge in [0.1, 0.15) is 5.70 Å². The molecule has 0 aromatic heterocycles. The highest BCUT2D eigenvalue weighted by Crippen LogP contribution is 2.17. The lowest BCUT2D eigenvalue weighted by Gasteiger charge is -2.19. The Morgan fingerprint density at radius 1 is 0.962 bits per heavy atom. The molecule has 2 N–H and O–H groups in total. The van der Waals surface area contributed by atoms with Crippen molar-refractivity contribution in [3.05, 3.63) is 69.8 Å². The van der Waals surface area contributed by atoms with Crippen LogP contribution in [0.3, 0.4) is 0 Å². The average Bonchev–Trinajstić information content (AvgIpc) is 2.57. The van der Waals surface area contributed by atoms with Gasteiger partial charge < -0.3 is 10.6 Å². The normalized spacial score (nSPS) is 11.8. The van der Waals surface area contributed by atoms with Gasteiger partial charge in [-0.3, -0.25) is 9.59 Å². The van der Waals surface area contributed by atoms with Crippen LogP contribution >= 0.6 is 15.9 Å². The molecule has 0 fully saturated rings. The molecule has 0 bridgehead atoms. The monoisotopic (exact) mass is 414 g/mol. The van der Waals surface area contributed by atoms with Crippen LogP contribution < -0.4 is 10.6 Å². The number of nitrogens with one attached hydrogen (secondary N) is 2. The van der Waals surface area contributed by atoms with Crippen molar-refractivity contribution in [1.82, 2.24) is 5.32 Å². The van der Waals surface area contributed by atoms with Gasteiger partial charge in [0, 0.05) is 15.6 Å². The third-order valence-corrected chi connectivity index (χ3v) is 4.19. The van der Waals surface area contributed by atoms with Gasteiger partial charge in [-0.2, -0.15) is 0 Å². The number of halogens is 1. The molecule has 2 rings (SSSR count). The van der Waals surface area contributed by atoms with Crippen LogP contribution in [-0.4, -0.2) is 11.8 Å². The Morgan fingerprint density at radius 3 is 2.08 bits per heavy atom. The smallest absolute Gasteiger partial charge is 0.272 e. The number of carbonyl (C=O) groups excluding carboxylic acids is 2. The highest BCUT2D eigenvalue weighted by atomic mass is 79.9. The first-order valence-electron chi connectivity index (χ1n) is 8.32. The van der Waals surface area contributed by atoms with E-state index in [1.54, 1.807) is 26.8 Å². The van der Waals surface area contributed by atoms with E-state index in [9.17, 15) is 9.59 Å². The van der Waals surface area contributed by atoms with Crippen LogP contribution in [-0.2, 0) is 9.59 Å². The molecule has 0 aliphatic rings. The van der Waals surface area contributed by atoms with Crippen molar-refractivity contribution in [2.24, 2.45) is 5.41 Å². The number of aryl methyl sites for hydroxylation is 1. The Kier molecular flexibility index (Phi) is 6.37. The fourth-order valence-corrected chi connectivity index (χ4v) is 2.29. The second-order valence-corrected chi connectivity index (χ2v) is 8.05. The lowest BCUT2D eigenvalue weighted by molar-refractivity contribution is -0.128. The van der Waals surface area contributed by atoms with Crippen molar-refractivity contribution in [2.45, 2.75) is 27.7 Å². The van der Waals surface area contributed by atoms with Gasteiger partial charge in [-0.15, -0.1) is 0 Å². The lowest BCUT2D eigenvalue weighted by Crippen LogP contribution is -2.38. The molecule has 2 aromatic rings. The number of anilines is 1. The third-order valence-electron chi connectivity index (χ3n) is 3.66. The van der Waals surface area contributed by atoms with Crippen LogP contribution in [0.25, 0.3) is 6.08 Å². The van der Waals surface area contributed by atoms with Crippen molar-refractivity contribution in [3.8, 4) is 0 Å². The molecule has 0 radical (unpaired) electrons. The molecule has 26 heavy (non-hydrogen) atoms. The molecular weight excluding hydrogens is 392 g/mol. The Morgan fingerprint density at radius 2 is 1.54 bits per heavy atom. The van der Waals surface area contributed by atoms with E-state index in [2.05, 4.69) is 26.6 Å². The summed E-state index contributed by atoms with van der Waals surface area (Å²) in [6.45, 7) is 7.39. The van der Waals surface area contributed by atoms with E-state index < -0.39 is 5.41 Å². The predicted octanol–water partition coefficient (Wildman–Crippen LogP) is 4.90. The van der Waals surface area contributed by atoms with Crippen molar-refractivity contribution >= 4 is 39.5 Å².